The van der Waals surface area contributed by atoms with Gasteiger partial charge in [-0.2, -0.15) is 0 Å². The molecule has 0 atom stereocenters. The van der Waals surface area contributed by atoms with Crippen molar-refractivity contribution in [3.05, 3.63) is 70.8 Å². The molecule has 6 nitrogen and oxygen atoms in total. The quantitative estimate of drug-likeness (QED) is 0.515. The van der Waals surface area contributed by atoms with Crippen LogP contribution in [0.5, 0.6) is 0 Å². The number of rotatable bonds is 7. The Morgan fingerprint density at radius 2 is 1.34 bits per heavy atom. The summed E-state index contributed by atoms with van der Waals surface area (Å²) in [6.07, 6.45) is 5.40. The zero-order valence-corrected chi connectivity index (χ0v) is 19.7. The number of carbonyl (C=O) groups is 1. The smallest absolute Gasteiger partial charge is 0.253 e. The van der Waals surface area contributed by atoms with Crippen molar-refractivity contribution in [1.82, 2.24) is 20.4 Å². The molecular weight excluding hydrogens is 398 g/mol. The van der Waals surface area contributed by atoms with Crippen LogP contribution in [-0.2, 0) is 19.6 Å². The number of benzene rings is 2. The summed E-state index contributed by atoms with van der Waals surface area (Å²) in [4.78, 5) is 20.5. The third kappa shape index (κ3) is 7.38. The molecule has 1 aliphatic heterocycles. The molecule has 0 aromatic heterocycles. The summed E-state index contributed by atoms with van der Waals surface area (Å²) in [6.45, 7) is 4.86. The number of amides is 1. The van der Waals surface area contributed by atoms with E-state index in [9.17, 15) is 4.79 Å². The SMILES string of the molecule is CN=C(NCc1ccc(CN2CCCCCC2)cc1)NCc1ccc(C(=O)N(C)C)cc1. The molecule has 172 valence electrons. The van der Waals surface area contributed by atoms with Gasteiger partial charge in [-0.1, -0.05) is 49.2 Å². The normalized spacial score (nSPS) is 15.2. The second-order valence-electron chi connectivity index (χ2n) is 8.68. The Hall–Kier alpha value is -2.86. The summed E-state index contributed by atoms with van der Waals surface area (Å²) >= 11 is 0. The summed E-state index contributed by atoms with van der Waals surface area (Å²) in [5.74, 6) is 0.770. The van der Waals surface area contributed by atoms with Crippen molar-refractivity contribution >= 4 is 11.9 Å². The lowest BCUT2D eigenvalue weighted by atomic mass is 10.1. The van der Waals surface area contributed by atoms with Gasteiger partial charge >= 0.3 is 0 Å². The summed E-state index contributed by atoms with van der Waals surface area (Å²) in [7, 11) is 5.30. The minimum atomic E-state index is 0.0134. The third-order valence-electron chi connectivity index (χ3n) is 5.88. The van der Waals surface area contributed by atoms with Gasteiger partial charge in [0.1, 0.15) is 0 Å². The highest BCUT2D eigenvalue weighted by molar-refractivity contribution is 5.93. The monoisotopic (exact) mass is 435 g/mol. The highest BCUT2D eigenvalue weighted by Gasteiger charge is 2.10. The first kappa shape index (κ1) is 23.8. The van der Waals surface area contributed by atoms with Gasteiger partial charge in [0.05, 0.1) is 0 Å². The summed E-state index contributed by atoms with van der Waals surface area (Å²) < 4.78 is 0. The Balaban J connectivity index is 1.44. The number of nitrogens with zero attached hydrogens (tertiary/aromatic N) is 3. The van der Waals surface area contributed by atoms with E-state index in [0.29, 0.717) is 12.1 Å². The fraction of sp³-hybridized carbons (Fsp3) is 0.462. The average molecular weight is 436 g/mol. The van der Waals surface area contributed by atoms with Gasteiger partial charge in [0.25, 0.3) is 5.91 Å². The Morgan fingerprint density at radius 3 is 1.84 bits per heavy atom. The van der Waals surface area contributed by atoms with Crippen molar-refractivity contribution in [1.29, 1.82) is 0 Å². The van der Waals surface area contributed by atoms with E-state index in [4.69, 9.17) is 0 Å². The van der Waals surface area contributed by atoms with E-state index in [1.54, 1.807) is 26.0 Å². The Morgan fingerprint density at radius 1 is 0.844 bits per heavy atom. The fourth-order valence-electron chi connectivity index (χ4n) is 3.93. The molecule has 32 heavy (non-hydrogen) atoms. The van der Waals surface area contributed by atoms with Gasteiger partial charge in [0.2, 0.25) is 0 Å². The highest BCUT2D eigenvalue weighted by atomic mass is 16.2. The van der Waals surface area contributed by atoms with E-state index < -0.39 is 0 Å². The van der Waals surface area contributed by atoms with E-state index in [-0.39, 0.29) is 5.91 Å². The summed E-state index contributed by atoms with van der Waals surface area (Å²) in [6, 6.07) is 16.6. The van der Waals surface area contributed by atoms with Crippen molar-refractivity contribution in [2.24, 2.45) is 4.99 Å². The van der Waals surface area contributed by atoms with Crippen LogP contribution < -0.4 is 10.6 Å². The van der Waals surface area contributed by atoms with Gasteiger partial charge in [-0.15, -0.1) is 0 Å². The standard InChI is InChI=1S/C26H37N5O/c1-27-26(29-19-22-12-14-24(15-13-22)25(32)30(2)3)28-18-21-8-10-23(11-9-21)20-31-16-6-4-5-7-17-31/h8-15H,4-7,16-20H2,1-3H3,(H2,27,28,29). The van der Waals surface area contributed by atoms with Crippen molar-refractivity contribution in [3.63, 3.8) is 0 Å². The summed E-state index contributed by atoms with van der Waals surface area (Å²) in [5, 5.41) is 6.71. The number of carbonyl (C=O) groups excluding carboxylic acids is 1. The first-order valence-corrected chi connectivity index (χ1v) is 11.6. The van der Waals surface area contributed by atoms with E-state index in [1.807, 2.05) is 24.3 Å². The van der Waals surface area contributed by atoms with Gasteiger partial charge in [-0.25, -0.2) is 0 Å². The lowest BCUT2D eigenvalue weighted by Crippen LogP contribution is -2.36. The maximum absolute atomic E-state index is 12.0. The molecule has 6 heteroatoms. The average Bonchev–Trinajstić information content (AvgIpc) is 3.08. The fourth-order valence-corrected chi connectivity index (χ4v) is 3.93. The number of hydrogen-bond acceptors (Lipinski definition) is 3. The first-order chi connectivity index (χ1) is 15.5. The van der Waals surface area contributed by atoms with Crippen LogP contribution >= 0.6 is 0 Å². The number of nitrogens with one attached hydrogen (secondary N) is 2. The van der Waals surface area contributed by atoms with Crippen molar-refractivity contribution in [2.75, 3.05) is 34.2 Å². The van der Waals surface area contributed by atoms with Crippen molar-refractivity contribution in [2.45, 2.75) is 45.3 Å². The first-order valence-electron chi connectivity index (χ1n) is 11.6. The number of hydrogen-bond donors (Lipinski definition) is 2. The van der Waals surface area contributed by atoms with Crippen LogP contribution in [0.1, 0.15) is 52.7 Å². The second-order valence-corrected chi connectivity index (χ2v) is 8.68. The van der Waals surface area contributed by atoms with Crippen LogP contribution in [0.15, 0.2) is 53.5 Å². The molecule has 0 radical (unpaired) electrons. The third-order valence-corrected chi connectivity index (χ3v) is 5.88. The molecule has 1 aliphatic rings. The Bertz CT molecular complexity index is 866. The van der Waals surface area contributed by atoms with Crippen LogP contribution in [0.2, 0.25) is 0 Å². The molecule has 1 saturated heterocycles. The maximum Gasteiger partial charge on any atom is 0.253 e. The predicted molar refractivity (Wildman–Crippen MR) is 132 cm³/mol. The number of guanidine groups is 1. The van der Waals surface area contributed by atoms with Crippen LogP contribution in [-0.4, -0.2) is 55.9 Å². The van der Waals surface area contributed by atoms with Crippen LogP contribution in [0.4, 0.5) is 0 Å². The largest absolute Gasteiger partial charge is 0.352 e. The molecule has 0 unspecified atom stereocenters. The van der Waals surface area contributed by atoms with Crippen molar-refractivity contribution < 1.29 is 4.79 Å². The topological polar surface area (TPSA) is 60.0 Å². The van der Waals surface area contributed by atoms with Crippen LogP contribution in [0.25, 0.3) is 0 Å². The molecule has 1 amide bonds. The van der Waals surface area contributed by atoms with Gasteiger partial charge in [-0.05, 0) is 54.8 Å². The van der Waals surface area contributed by atoms with Crippen LogP contribution in [0.3, 0.4) is 0 Å². The van der Waals surface area contributed by atoms with E-state index in [2.05, 4.69) is 44.8 Å². The van der Waals surface area contributed by atoms with E-state index >= 15 is 0 Å². The van der Waals surface area contributed by atoms with Crippen molar-refractivity contribution in [3.8, 4) is 0 Å². The zero-order chi connectivity index (χ0) is 22.8. The molecule has 2 aromatic carbocycles. The lowest BCUT2D eigenvalue weighted by Gasteiger charge is -2.20. The minimum Gasteiger partial charge on any atom is -0.352 e. The van der Waals surface area contributed by atoms with Gasteiger partial charge in [0, 0.05) is 46.3 Å². The molecule has 2 aromatic rings. The van der Waals surface area contributed by atoms with Gasteiger partial charge < -0.3 is 15.5 Å². The Labute approximate surface area is 192 Å². The highest BCUT2D eigenvalue weighted by Crippen LogP contribution is 2.14. The number of likely N-dealkylation sites (tertiary alicyclic amines) is 1. The van der Waals surface area contributed by atoms with E-state index in [0.717, 1.165) is 24.6 Å². The van der Waals surface area contributed by atoms with Gasteiger partial charge in [0.15, 0.2) is 5.96 Å². The molecule has 1 fully saturated rings. The Kier molecular flexibility index (Phi) is 9.11. The number of aliphatic imine (C=N–C) groups is 1. The molecule has 0 spiro atoms. The van der Waals surface area contributed by atoms with Gasteiger partial charge in [-0.3, -0.25) is 14.7 Å². The van der Waals surface area contributed by atoms with E-state index in [1.165, 1.54) is 49.9 Å². The maximum atomic E-state index is 12.0. The zero-order valence-electron chi connectivity index (χ0n) is 19.7. The second kappa shape index (κ2) is 12.2. The molecular formula is C26H37N5O. The molecule has 0 aliphatic carbocycles. The lowest BCUT2D eigenvalue weighted by molar-refractivity contribution is 0.0827. The predicted octanol–water partition coefficient (Wildman–Crippen LogP) is 3.63. The minimum absolute atomic E-state index is 0.0134. The van der Waals surface area contributed by atoms with Crippen LogP contribution in [0, 0.1) is 0 Å². The molecule has 1 heterocycles. The summed E-state index contributed by atoms with van der Waals surface area (Å²) in [5.41, 5.74) is 4.41. The molecule has 3 rings (SSSR count). The molecule has 0 bridgehead atoms. The molecule has 2 N–H and O–H groups in total. The molecule has 0 saturated carbocycles.